The first-order chi connectivity index (χ1) is 7.02. The topological polar surface area (TPSA) is 26.0 Å². The Morgan fingerprint density at radius 3 is 2.13 bits per heavy atom. The van der Waals surface area contributed by atoms with Crippen LogP contribution in [0.2, 0.25) is 10.0 Å². The summed E-state index contributed by atoms with van der Waals surface area (Å²) < 4.78 is 0. The van der Waals surface area contributed by atoms with Crippen molar-refractivity contribution in [2.24, 2.45) is 11.7 Å². The molecule has 2 N–H and O–H groups in total. The summed E-state index contributed by atoms with van der Waals surface area (Å²) in [6, 6.07) is 5.44. The second-order valence-corrected chi connectivity index (χ2v) is 5.03. The van der Waals surface area contributed by atoms with E-state index in [1.807, 2.05) is 18.2 Å². The van der Waals surface area contributed by atoms with Crippen LogP contribution in [0.15, 0.2) is 18.2 Å². The number of rotatable bonds is 4. The molecular formula is C12H17Cl2N. The van der Waals surface area contributed by atoms with Crippen LogP contribution in [0, 0.1) is 5.92 Å². The highest BCUT2D eigenvalue weighted by molar-refractivity contribution is 6.36. The first-order valence-electron chi connectivity index (χ1n) is 5.22. The van der Waals surface area contributed by atoms with Gasteiger partial charge in [-0.15, -0.1) is 0 Å². The van der Waals surface area contributed by atoms with Gasteiger partial charge in [-0.3, -0.25) is 0 Å². The highest BCUT2D eigenvalue weighted by atomic mass is 35.5. The molecule has 84 valence electrons. The van der Waals surface area contributed by atoms with Crippen LogP contribution in [0.25, 0.3) is 0 Å². The zero-order chi connectivity index (χ0) is 11.4. The normalized spacial score (nSPS) is 13.2. The molecule has 0 aliphatic carbocycles. The Labute approximate surface area is 102 Å². The third-order valence-corrected chi connectivity index (χ3v) is 3.08. The maximum absolute atomic E-state index is 6.08. The Balaban J connectivity index is 2.77. The molecule has 0 aromatic heterocycles. The van der Waals surface area contributed by atoms with Crippen molar-refractivity contribution in [3.05, 3.63) is 33.8 Å². The van der Waals surface area contributed by atoms with Gasteiger partial charge in [-0.1, -0.05) is 43.1 Å². The van der Waals surface area contributed by atoms with Gasteiger partial charge in [-0.25, -0.2) is 0 Å². The average Bonchev–Trinajstić information content (AvgIpc) is 2.14. The van der Waals surface area contributed by atoms with Gasteiger partial charge < -0.3 is 5.73 Å². The quantitative estimate of drug-likeness (QED) is 0.835. The van der Waals surface area contributed by atoms with Crippen LogP contribution in [0.3, 0.4) is 0 Å². The van der Waals surface area contributed by atoms with E-state index in [-0.39, 0.29) is 6.04 Å². The SMILES string of the molecule is CC(C)CC[C@H](N)c1c(Cl)cccc1Cl. The summed E-state index contributed by atoms with van der Waals surface area (Å²) in [6.07, 6.45) is 2.00. The summed E-state index contributed by atoms with van der Waals surface area (Å²) in [5.74, 6) is 0.650. The van der Waals surface area contributed by atoms with E-state index in [1.54, 1.807) is 0 Å². The van der Waals surface area contributed by atoms with Crippen LogP contribution in [0.1, 0.15) is 38.3 Å². The highest BCUT2D eigenvalue weighted by Crippen LogP contribution is 2.31. The van der Waals surface area contributed by atoms with Gasteiger partial charge in [0.2, 0.25) is 0 Å². The molecule has 0 spiro atoms. The third kappa shape index (κ3) is 3.67. The molecule has 1 nitrogen and oxygen atoms in total. The Morgan fingerprint density at radius 1 is 1.13 bits per heavy atom. The van der Waals surface area contributed by atoms with Crippen LogP contribution in [0.5, 0.6) is 0 Å². The van der Waals surface area contributed by atoms with Crippen LogP contribution >= 0.6 is 23.2 Å². The maximum Gasteiger partial charge on any atom is 0.0468 e. The van der Waals surface area contributed by atoms with E-state index < -0.39 is 0 Å². The largest absolute Gasteiger partial charge is 0.324 e. The Kier molecular flexibility index (Phi) is 4.91. The van der Waals surface area contributed by atoms with Gasteiger partial charge in [-0.05, 0) is 30.9 Å². The molecule has 0 saturated carbocycles. The fraction of sp³-hybridized carbons (Fsp3) is 0.500. The second-order valence-electron chi connectivity index (χ2n) is 4.21. The molecule has 0 aliphatic rings. The van der Waals surface area contributed by atoms with Crippen LogP contribution in [-0.4, -0.2) is 0 Å². The minimum absolute atomic E-state index is 0.0615. The summed E-state index contributed by atoms with van der Waals surface area (Å²) in [7, 11) is 0. The van der Waals surface area contributed by atoms with Crippen LogP contribution in [-0.2, 0) is 0 Å². The number of nitrogens with two attached hydrogens (primary N) is 1. The molecule has 0 unspecified atom stereocenters. The number of hydrogen-bond acceptors (Lipinski definition) is 1. The van der Waals surface area contributed by atoms with Crippen molar-refractivity contribution in [3.8, 4) is 0 Å². The Bertz CT molecular complexity index is 303. The van der Waals surface area contributed by atoms with Crippen LogP contribution < -0.4 is 5.73 Å². The molecule has 0 bridgehead atoms. The van der Waals surface area contributed by atoms with E-state index in [0.717, 1.165) is 18.4 Å². The van der Waals surface area contributed by atoms with Gasteiger partial charge in [0.05, 0.1) is 0 Å². The van der Waals surface area contributed by atoms with E-state index in [4.69, 9.17) is 28.9 Å². The Hall–Kier alpha value is -0.240. The molecule has 0 saturated heterocycles. The first-order valence-corrected chi connectivity index (χ1v) is 5.97. The molecule has 0 aliphatic heterocycles. The smallest absolute Gasteiger partial charge is 0.0468 e. The minimum Gasteiger partial charge on any atom is -0.324 e. The fourth-order valence-corrected chi connectivity index (χ4v) is 2.20. The predicted octanol–water partition coefficient (Wildman–Crippen LogP) is 4.43. The van der Waals surface area contributed by atoms with Gasteiger partial charge in [0.25, 0.3) is 0 Å². The number of halogens is 2. The molecule has 3 heteroatoms. The maximum atomic E-state index is 6.08. The zero-order valence-corrected chi connectivity index (χ0v) is 10.6. The van der Waals surface area contributed by atoms with Crippen molar-refractivity contribution in [3.63, 3.8) is 0 Å². The summed E-state index contributed by atoms with van der Waals surface area (Å²) in [6.45, 7) is 4.36. The fourth-order valence-electron chi connectivity index (χ4n) is 1.52. The van der Waals surface area contributed by atoms with Gasteiger partial charge in [0.1, 0.15) is 0 Å². The van der Waals surface area contributed by atoms with E-state index in [1.165, 1.54) is 0 Å². The number of benzene rings is 1. The van der Waals surface area contributed by atoms with Crippen molar-refractivity contribution >= 4 is 23.2 Å². The van der Waals surface area contributed by atoms with E-state index in [9.17, 15) is 0 Å². The zero-order valence-electron chi connectivity index (χ0n) is 9.13. The lowest BCUT2D eigenvalue weighted by Gasteiger charge is -2.16. The lowest BCUT2D eigenvalue weighted by Crippen LogP contribution is -2.12. The minimum atomic E-state index is -0.0615. The molecule has 0 heterocycles. The van der Waals surface area contributed by atoms with Gasteiger partial charge in [0.15, 0.2) is 0 Å². The van der Waals surface area contributed by atoms with Crippen molar-refractivity contribution in [2.75, 3.05) is 0 Å². The van der Waals surface area contributed by atoms with Crippen molar-refractivity contribution in [1.29, 1.82) is 0 Å². The molecule has 15 heavy (non-hydrogen) atoms. The molecule has 1 atom stereocenters. The third-order valence-electron chi connectivity index (χ3n) is 2.43. The molecule has 1 aromatic rings. The first kappa shape index (κ1) is 12.8. The molecule has 0 fully saturated rings. The van der Waals surface area contributed by atoms with Gasteiger partial charge in [-0.2, -0.15) is 0 Å². The lowest BCUT2D eigenvalue weighted by molar-refractivity contribution is 0.507. The standard InChI is InChI=1S/C12H17Cl2N/c1-8(2)6-7-11(15)12-9(13)4-3-5-10(12)14/h3-5,8,11H,6-7,15H2,1-2H3/t11-/m0/s1. The van der Waals surface area contributed by atoms with Gasteiger partial charge >= 0.3 is 0 Å². The monoisotopic (exact) mass is 245 g/mol. The molecule has 0 radical (unpaired) electrons. The van der Waals surface area contributed by atoms with Crippen molar-refractivity contribution in [2.45, 2.75) is 32.7 Å². The second kappa shape index (κ2) is 5.74. The van der Waals surface area contributed by atoms with Crippen molar-refractivity contribution < 1.29 is 0 Å². The number of hydrogen-bond donors (Lipinski definition) is 1. The van der Waals surface area contributed by atoms with E-state index in [0.29, 0.717) is 16.0 Å². The molecule has 1 aromatic carbocycles. The summed E-state index contributed by atoms with van der Waals surface area (Å²) in [5.41, 5.74) is 6.95. The average molecular weight is 246 g/mol. The van der Waals surface area contributed by atoms with E-state index in [2.05, 4.69) is 13.8 Å². The Morgan fingerprint density at radius 2 is 1.67 bits per heavy atom. The predicted molar refractivity (Wildman–Crippen MR) is 67.5 cm³/mol. The van der Waals surface area contributed by atoms with Gasteiger partial charge in [0, 0.05) is 21.7 Å². The van der Waals surface area contributed by atoms with E-state index >= 15 is 0 Å². The van der Waals surface area contributed by atoms with Crippen LogP contribution in [0.4, 0.5) is 0 Å². The highest BCUT2D eigenvalue weighted by Gasteiger charge is 2.14. The molecule has 1 rings (SSSR count). The van der Waals surface area contributed by atoms with Crippen molar-refractivity contribution in [1.82, 2.24) is 0 Å². The summed E-state index contributed by atoms with van der Waals surface area (Å²) >= 11 is 12.2. The molecular weight excluding hydrogens is 229 g/mol. The lowest BCUT2D eigenvalue weighted by atomic mass is 9.98. The summed E-state index contributed by atoms with van der Waals surface area (Å²) in [4.78, 5) is 0. The summed E-state index contributed by atoms with van der Waals surface area (Å²) in [5, 5.41) is 1.33. The molecule has 0 amide bonds.